The van der Waals surface area contributed by atoms with E-state index in [1.807, 2.05) is 30.3 Å². The van der Waals surface area contributed by atoms with E-state index in [4.69, 9.17) is 4.74 Å². The molecule has 0 saturated heterocycles. The van der Waals surface area contributed by atoms with Gasteiger partial charge in [0, 0.05) is 28.3 Å². The van der Waals surface area contributed by atoms with Crippen LogP contribution in [-0.4, -0.2) is 7.11 Å². The van der Waals surface area contributed by atoms with Crippen LogP contribution in [0, 0.1) is 0 Å². The summed E-state index contributed by atoms with van der Waals surface area (Å²) >= 11 is 7.00. The van der Waals surface area contributed by atoms with E-state index in [1.165, 1.54) is 11.1 Å². The van der Waals surface area contributed by atoms with Crippen molar-refractivity contribution in [3.63, 3.8) is 0 Å². The second-order valence-corrected chi connectivity index (χ2v) is 5.95. The normalized spacial score (nSPS) is 10.5. The number of ether oxygens (including phenoxy) is 1. The summed E-state index contributed by atoms with van der Waals surface area (Å²) in [6, 6.07) is 14.4. The van der Waals surface area contributed by atoms with E-state index in [2.05, 4.69) is 49.3 Å². The van der Waals surface area contributed by atoms with Crippen LogP contribution in [-0.2, 0) is 17.9 Å². The fraction of sp³-hybridized carbons (Fsp3) is 0.200. The Morgan fingerprint density at radius 1 is 1.05 bits per heavy atom. The first kappa shape index (κ1) is 14.6. The lowest BCUT2D eigenvalue weighted by Crippen LogP contribution is -2.04. The molecular formula is C15H15Br2NO. The van der Waals surface area contributed by atoms with Crippen molar-refractivity contribution in [1.82, 2.24) is 0 Å². The SMILES string of the molecule is COCc1ccccc1CNc1ccc(Br)cc1Br. The molecule has 0 aliphatic heterocycles. The number of nitrogens with one attached hydrogen (secondary N) is 1. The Kier molecular flexibility index (Phi) is 5.43. The minimum atomic E-state index is 0.638. The van der Waals surface area contributed by atoms with Gasteiger partial charge in [0.05, 0.1) is 6.61 Å². The van der Waals surface area contributed by atoms with Gasteiger partial charge >= 0.3 is 0 Å². The molecule has 100 valence electrons. The molecule has 0 spiro atoms. The van der Waals surface area contributed by atoms with E-state index < -0.39 is 0 Å². The molecule has 2 nitrogen and oxygen atoms in total. The van der Waals surface area contributed by atoms with E-state index in [9.17, 15) is 0 Å². The van der Waals surface area contributed by atoms with Crippen molar-refractivity contribution in [3.8, 4) is 0 Å². The molecule has 4 heteroatoms. The van der Waals surface area contributed by atoms with Crippen molar-refractivity contribution in [2.24, 2.45) is 0 Å². The van der Waals surface area contributed by atoms with Crippen molar-refractivity contribution in [2.75, 3.05) is 12.4 Å². The lowest BCUT2D eigenvalue weighted by atomic mass is 10.1. The Morgan fingerprint density at radius 2 is 1.79 bits per heavy atom. The first-order valence-corrected chi connectivity index (χ1v) is 7.54. The molecular weight excluding hydrogens is 370 g/mol. The predicted octanol–water partition coefficient (Wildman–Crippen LogP) is 4.97. The molecule has 0 saturated carbocycles. The number of rotatable bonds is 5. The maximum atomic E-state index is 5.22. The van der Waals surface area contributed by atoms with Gasteiger partial charge in [0.15, 0.2) is 0 Å². The predicted molar refractivity (Wildman–Crippen MR) is 86.3 cm³/mol. The monoisotopic (exact) mass is 383 g/mol. The topological polar surface area (TPSA) is 21.3 Å². The third-order valence-corrected chi connectivity index (χ3v) is 3.97. The fourth-order valence-corrected chi connectivity index (χ4v) is 3.04. The lowest BCUT2D eigenvalue weighted by molar-refractivity contribution is 0.184. The van der Waals surface area contributed by atoms with Gasteiger partial charge in [-0.2, -0.15) is 0 Å². The third-order valence-electron chi connectivity index (χ3n) is 2.82. The van der Waals surface area contributed by atoms with E-state index in [1.54, 1.807) is 7.11 Å². The Labute approximate surface area is 130 Å². The molecule has 2 aromatic rings. The number of methoxy groups -OCH3 is 1. The molecule has 0 unspecified atom stereocenters. The number of hydrogen-bond donors (Lipinski definition) is 1. The van der Waals surface area contributed by atoms with Crippen LogP contribution in [0.15, 0.2) is 51.4 Å². The molecule has 2 aromatic carbocycles. The molecule has 0 amide bonds. The highest BCUT2D eigenvalue weighted by Crippen LogP contribution is 2.26. The van der Waals surface area contributed by atoms with Crippen LogP contribution in [0.25, 0.3) is 0 Å². The zero-order valence-corrected chi connectivity index (χ0v) is 13.8. The van der Waals surface area contributed by atoms with Gasteiger partial charge in [-0.3, -0.25) is 0 Å². The van der Waals surface area contributed by atoms with E-state index in [0.717, 1.165) is 21.2 Å². The van der Waals surface area contributed by atoms with Gasteiger partial charge in [-0.05, 0) is 45.3 Å². The summed E-state index contributed by atoms with van der Waals surface area (Å²) in [7, 11) is 1.72. The van der Waals surface area contributed by atoms with Crippen molar-refractivity contribution >= 4 is 37.5 Å². The van der Waals surface area contributed by atoms with Gasteiger partial charge < -0.3 is 10.1 Å². The number of benzene rings is 2. The Hall–Kier alpha value is -0.840. The van der Waals surface area contributed by atoms with Gasteiger partial charge in [-0.15, -0.1) is 0 Å². The molecule has 0 atom stereocenters. The largest absolute Gasteiger partial charge is 0.380 e. The molecule has 1 N–H and O–H groups in total. The highest BCUT2D eigenvalue weighted by Gasteiger charge is 2.03. The summed E-state index contributed by atoms with van der Waals surface area (Å²) in [5.41, 5.74) is 3.54. The third kappa shape index (κ3) is 4.06. The Bertz CT molecular complexity index is 558. The van der Waals surface area contributed by atoms with Gasteiger partial charge in [0.1, 0.15) is 0 Å². The number of halogens is 2. The molecule has 0 aliphatic carbocycles. The Balaban J connectivity index is 2.10. The summed E-state index contributed by atoms with van der Waals surface area (Å²) in [6.07, 6.45) is 0. The van der Waals surface area contributed by atoms with E-state index >= 15 is 0 Å². The first-order valence-electron chi connectivity index (χ1n) is 5.95. The summed E-state index contributed by atoms with van der Waals surface area (Å²) in [5, 5.41) is 3.43. The lowest BCUT2D eigenvalue weighted by Gasteiger charge is -2.12. The molecule has 0 aromatic heterocycles. The summed E-state index contributed by atoms with van der Waals surface area (Å²) in [4.78, 5) is 0. The average molecular weight is 385 g/mol. The van der Waals surface area contributed by atoms with Crippen molar-refractivity contribution in [3.05, 3.63) is 62.5 Å². The van der Waals surface area contributed by atoms with Crippen LogP contribution in [0.3, 0.4) is 0 Å². The zero-order valence-electron chi connectivity index (χ0n) is 10.6. The van der Waals surface area contributed by atoms with Crippen LogP contribution in [0.1, 0.15) is 11.1 Å². The summed E-state index contributed by atoms with van der Waals surface area (Å²) in [6.45, 7) is 1.42. The second kappa shape index (κ2) is 7.08. The van der Waals surface area contributed by atoms with Gasteiger partial charge in [-0.1, -0.05) is 40.2 Å². The minimum Gasteiger partial charge on any atom is -0.380 e. The molecule has 0 bridgehead atoms. The van der Waals surface area contributed by atoms with Crippen LogP contribution in [0.4, 0.5) is 5.69 Å². The van der Waals surface area contributed by atoms with Gasteiger partial charge in [0.2, 0.25) is 0 Å². The number of hydrogen-bond acceptors (Lipinski definition) is 2. The highest BCUT2D eigenvalue weighted by atomic mass is 79.9. The number of anilines is 1. The van der Waals surface area contributed by atoms with E-state index in [-0.39, 0.29) is 0 Å². The molecule has 0 heterocycles. The Morgan fingerprint density at radius 3 is 2.47 bits per heavy atom. The second-order valence-electron chi connectivity index (χ2n) is 4.18. The maximum Gasteiger partial charge on any atom is 0.0716 e. The van der Waals surface area contributed by atoms with Crippen molar-refractivity contribution < 1.29 is 4.74 Å². The maximum absolute atomic E-state index is 5.22. The van der Waals surface area contributed by atoms with Gasteiger partial charge in [-0.25, -0.2) is 0 Å². The summed E-state index contributed by atoms with van der Waals surface area (Å²) < 4.78 is 7.32. The fourth-order valence-electron chi connectivity index (χ4n) is 1.85. The zero-order chi connectivity index (χ0) is 13.7. The van der Waals surface area contributed by atoms with Crippen molar-refractivity contribution in [1.29, 1.82) is 0 Å². The smallest absolute Gasteiger partial charge is 0.0716 e. The first-order chi connectivity index (χ1) is 9.20. The van der Waals surface area contributed by atoms with Crippen molar-refractivity contribution in [2.45, 2.75) is 13.2 Å². The molecule has 19 heavy (non-hydrogen) atoms. The quantitative estimate of drug-likeness (QED) is 0.785. The standard InChI is InChI=1S/C15H15Br2NO/c1-19-10-12-5-3-2-4-11(12)9-18-15-7-6-13(16)8-14(15)17/h2-8,18H,9-10H2,1H3. The highest BCUT2D eigenvalue weighted by molar-refractivity contribution is 9.11. The van der Waals surface area contributed by atoms with Crippen LogP contribution >= 0.6 is 31.9 Å². The molecule has 0 fully saturated rings. The summed E-state index contributed by atoms with van der Waals surface area (Å²) in [5.74, 6) is 0. The van der Waals surface area contributed by atoms with Crippen LogP contribution in [0.5, 0.6) is 0 Å². The molecule has 0 radical (unpaired) electrons. The average Bonchev–Trinajstić information content (AvgIpc) is 2.40. The van der Waals surface area contributed by atoms with E-state index in [0.29, 0.717) is 6.61 Å². The van der Waals surface area contributed by atoms with Crippen LogP contribution < -0.4 is 5.32 Å². The van der Waals surface area contributed by atoms with Crippen LogP contribution in [0.2, 0.25) is 0 Å². The van der Waals surface area contributed by atoms with Gasteiger partial charge in [0.25, 0.3) is 0 Å². The molecule has 2 rings (SSSR count). The minimum absolute atomic E-state index is 0.638. The molecule has 0 aliphatic rings.